The molecule has 0 fully saturated rings. The fourth-order valence-corrected chi connectivity index (χ4v) is 4.13. The number of hydrogen-bond donors (Lipinski definition) is 1. The average Bonchev–Trinajstić information content (AvgIpc) is 3.33. The monoisotopic (exact) mass is 382 g/mol. The molecule has 1 N–H and O–H groups in total. The zero-order valence-corrected chi connectivity index (χ0v) is 16.0. The van der Waals surface area contributed by atoms with E-state index >= 15 is 0 Å². The maximum atomic E-state index is 12.3. The lowest BCUT2D eigenvalue weighted by molar-refractivity contribution is -0.113. The van der Waals surface area contributed by atoms with Crippen LogP contribution in [0.2, 0.25) is 0 Å². The van der Waals surface area contributed by atoms with Crippen molar-refractivity contribution < 1.29 is 9.53 Å². The second-order valence-electron chi connectivity index (χ2n) is 6.50. The first kappa shape index (κ1) is 17.9. The molecule has 7 heteroatoms. The highest BCUT2D eigenvalue weighted by Gasteiger charge is 2.20. The molecular weight excluding hydrogens is 360 g/mol. The Morgan fingerprint density at radius 1 is 1.37 bits per heavy atom. The Balaban J connectivity index is 1.38. The van der Waals surface area contributed by atoms with Crippen LogP contribution in [-0.2, 0) is 17.8 Å². The van der Waals surface area contributed by atoms with Gasteiger partial charge in [0.25, 0.3) is 0 Å². The van der Waals surface area contributed by atoms with Crippen LogP contribution in [0.3, 0.4) is 0 Å². The third-order valence-corrected chi connectivity index (χ3v) is 5.65. The first-order chi connectivity index (χ1) is 13.2. The largest absolute Gasteiger partial charge is 0.493 e. The lowest BCUT2D eigenvalue weighted by Gasteiger charge is -2.14. The van der Waals surface area contributed by atoms with E-state index in [0.717, 1.165) is 41.8 Å². The number of aromatic nitrogens is 3. The molecule has 0 radical (unpaired) electrons. The molecular formula is C20H22N4O2S. The fraction of sp³-hybridized carbons (Fsp3) is 0.350. The van der Waals surface area contributed by atoms with Crippen LogP contribution in [0.5, 0.6) is 5.75 Å². The van der Waals surface area contributed by atoms with Gasteiger partial charge in [0.15, 0.2) is 5.16 Å². The van der Waals surface area contributed by atoms with Crippen molar-refractivity contribution in [3.63, 3.8) is 0 Å². The molecule has 0 saturated carbocycles. The SMILES string of the molecule is CCn1c(SCC(=O)Nc2ccc3c(c2)OCC3)nnc1C1C=CC=CC1. The molecule has 2 aliphatic rings. The predicted molar refractivity (Wildman–Crippen MR) is 106 cm³/mol. The van der Waals surface area contributed by atoms with Crippen LogP contribution in [-0.4, -0.2) is 33.0 Å². The van der Waals surface area contributed by atoms with Crippen LogP contribution >= 0.6 is 11.8 Å². The van der Waals surface area contributed by atoms with Crippen LogP contribution < -0.4 is 10.1 Å². The van der Waals surface area contributed by atoms with Gasteiger partial charge in [-0.3, -0.25) is 4.79 Å². The lowest BCUT2D eigenvalue weighted by atomic mass is 10.0. The lowest BCUT2D eigenvalue weighted by Crippen LogP contribution is -2.15. The zero-order valence-electron chi connectivity index (χ0n) is 15.2. The molecule has 1 aliphatic carbocycles. The van der Waals surface area contributed by atoms with Gasteiger partial charge in [0.2, 0.25) is 5.91 Å². The highest BCUT2D eigenvalue weighted by Crippen LogP contribution is 2.29. The van der Waals surface area contributed by atoms with E-state index in [2.05, 4.69) is 39.2 Å². The standard InChI is InChI=1S/C20H22N4O2S/c1-2-24-19(15-6-4-3-5-7-15)22-23-20(24)27-13-18(25)21-16-9-8-14-10-11-26-17(14)12-16/h3-6,8-9,12,15H,2,7,10-11,13H2,1H3,(H,21,25). The number of fused-ring (bicyclic) bond motifs is 1. The summed E-state index contributed by atoms with van der Waals surface area (Å²) in [6.07, 6.45) is 10.2. The average molecular weight is 382 g/mol. The van der Waals surface area contributed by atoms with E-state index in [9.17, 15) is 4.79 Å². The Morgan fingerprint density at radius 3 is 3.11 bits per heavy atom. The van der Waals surface area contributed by atoms with E-state index in [-0.39, 0.29) is 17.6 Å². The number of nitrogens with one attached hydrogen (secondary N) is 1. The molecule has 27 heavy (non-hydrogen) atoms. The Morgan fingerprint density at radius 2 is 2.30 bits per heavy atom. The van der Waals surface area contributed by atoms with Gasteiger partial charge in [-0.2, -0.15) is 0 Å². The number of ether oxygens (including phenoxy) is 1. The summed E-state index contributed by atoms with van der Waals surface area (Å²) < 4.78 is 7.64. The molecule has 1 aromatic carbocycles. The Hall–Kier alpha value is -2.54. The molecule has 4 rings (SSSR count). The summed E-state index contributed by atoms with van der Waals surface area (Å²) in [7, 11) is 0. The first-order valence-corrected chi connectivity index (χ1v) is 10.2. The second kappa shape index (κ2) is 8.00. The topological polar surface area (TPSA) is 69.0 Å². The quantitative estimate of drug-likeness (QED) is 0.774. The molecule has 2 aromatic rings. The van der Waals surface area contributed by atoms with Gasteiger partial charge in [0, 0.05) is 30.6 Å². The molecule has 1 atom stereocenters. The number of allylic oxidation sites excluding steroid dienone is 4. The van der Waals surface area contributed by atoms with Gasteiger partial charge in [-0.1, -0.05) is 42.1 Å². The van der Waals surface area contributed by atoms with Crippen molar-refractivity contribution in [2.75, 3.05) is 17.7 Å². The van der Waals surface area contributed by atoms with Crippen LogP contribution in [0.1, 0.15) is 30.7 Å². The fourth-order valence-electron chi connectivity index (χ4n) is 3.32. The number of anilines is 1. The molecule has 140 valence electrons. The number of rotatable bonds is 6. The summed E-state index contributed by atoms with van der Waals surface area (Å²) in [4.78, 5) is 12.3. The Bertz CT molecular complexity index is 903. The Kier molecular flexibility index (Phi) is 5.29. The molecule has 1 aromatic heterocycles. The minimum Gasteiger partial charge on any atom is -0.493 e. The van der Waals surface area contributed by atoms with Gasteiger partial charge in [0.05, 0.1) is 12.4 Å². The summed E-state index contributed by atoms with van der Waals surface area (Å²) in [5.41, 5.74) is 1.95. The summed E-state index contributed by atoms with van der Waals surface area (Å²) in [5.74, 6) is 2.29. The van der Waals surface area contributed by atoms with Crippen molar-refractivity contribution in [1.82, 2.24) is 14.8 Å². The van der Waals surface area contributed by atoms with Crippen LogP contribution in [0.4, 0.5) is 5.69 Å². The molecule has 6 nitrogen and oxygen atoms in total. The summed E-state index contributed by atoms with van der Waals surface area (Å²) in [5, 5.41) is 12.4. The Labute approximate surface area is 162 Å². The van der Waals surface area contributed by atoms with Crippen LogP contribution in [0.15, 0.2) is 47.7 Å². The molecule has 0 saturated heterocycles. The smallest absolute Gasteiger partial charge is 0.234 e. The van der Waals surface area contributed by atoms with Crippen molar-refractivity contribution in [3.8, 4) is 5.75 Å². The second-order valence-corrected chi connectivity index (χ2v) is 7.44. The highest BCUT2D eigenvalue weighted by molar-refractivity contribution is 7.99. The highest BCUT2D eigenvalue weighted by atomic mass is 32.2. The minimum atomic E-state index is -0.0642. The third-order valence-electron chi connectivity index (χ3n) is 4.69. The van der Waals surface area contributed by atoms with E-state index in [1.807, 2.05) is 30.4 Å². The first-order valence-electron chi connectivity index (χ1n) is 9.19. The van der Waals surface area contributed by atoms with Crippen molar-refractivity contribution in [3.05, 3.63) is 53.9 Å². The number of amides is 1. The van der Waals surface area contributed by atoms with Crippen molar-refractivity contribution in [2.24, 2.45) is 0 Å². The number of carbonyl (C=O) groups is 1. The maximum Gasteiger partial charge on any atom is 0.234 e. The van der Waals surface area contributed by atoms with Gasteiger partial charge in [-0.15, -0.1) is 10.2 Å². The molecule has 1 unspecified atom stereocenters. The van der Waals surface area contributed by atoms with Gasteiger partial charge in [0.1, 0.15) is 11.6 Å². The minimum absolute atomic E-state index is 0.0642. The van der Waals surface area contributed by atoms with E-state index in [1.54, 1.807) is 0 Å². The number of benzene rings is 1. The summed E-state index contributed by atoms with van der Waals surface area (Å²) in [6, 6.07) is 5.82. The molecule has 0 spiro atoms. The normalized spacial score (nSPS) is 17.6. The summed E-state index contributed by atoms with van der Waals surface area (Å²) >= 11 is 1.41. The van der Waals surface area contributed by atoms with Crippen molar-refractivity contribution in [1.29, 1.82) is 0 Å². The number of thioether (sulfide) groups is 1. The maximum absolute atomic E-state index is 12.3. The molecule has 1 amide bonds. The zero-order chi connectivity index (χ0) is 18.6. The molecule has 0 bridgehead atoms. The van der Waals surface area contributed by atoms with Gasteiger partial charge >= 0.3 is 0 Å². The molecule has 2 heterocycles. The third kappa shape index (κ3) is 3.93. The van der Waals surface area contributed by atoms with E-state index < -0.39 is 0 Å². The van der Waals surface area contributed by atoms with E-state index in [0.29, 0.717) is 6.61 Å². The van der Waals surface area contributed by atoms with E-state index in [4.69, 9.17) is 4.74 Å². The molecule has 1 aliphatic heterocycles. The van der Waals surface area contributed by atoms with Gasteiger partial charge in [-0.05, 0) is 25.0 Å². The number of nitrogens with zero attached hydrogens (tertiary/aromatic N) is 3. The van der Waals surface area contributed by atoms with Crippen molar-refractivity contribution >= 4 is 23.4 Å². The predicted octanol–water partition coefficient (Wildman–Crippen LogP) is 3.56. The van der Waals surface area contributed by atoms with Crippen molar-refractivity contribution in [2.45, 2.75) is 37.4 Å². The van der Waals surface area contributed by atoms with Crippen LogP contribution in [0.25, 0.3) is 0 Å². The number of hydrogen-bond acceptors (Lipinski definition) is 5. The van der Waals surface area contributed by atoms with E-state index in [1.165, 1.54) is 17.3 Å². The van der Waals surface area contributed by atoms with Gasteiger partial charge < -0.3 is 14.6 Å². The number of carbonyl (C=O) groups excluding carboxylic acids is 1. The van der Waals surface area contributed by atoms with Gasteiger partial charge in [-0.25, -0.2) is 0 Å². The van der Waals surface area contributed by atoms with Crippen LogP contribution in [0, 0.1) is 0 Å². The summed E-state index contributed by atoms with van der Waals surface area (Å²) in [6.45, 7) is 3.57.